The summed E-state index contributed by atoms with van der Waals surface area (Å²) in [4.78, 5) is 11.4. The van der Waals surface area contributed by atoms with Gasteiger partial charge < -0.3 is 10.4 Å². The number of hydrogen-bond donors (Lipinski definition) is 2. The summed E-state index contributed by atoms with van der Waals surface area (Å²) < 4.78 is 13.4. The molecule has 1 aliphatic rings. The van der Waals surface area contributed by atoms with Crippen LogP contribution in [0.3, 0.4) is 0 Å². The van der Waals surface area contributed by atoms with Gasteiger partial charge in [-0.15, -0.1) is 0 Å². The van der Waals surface area contributed by atoms with Crippen LogP contribution in [-0.2, 0) is 4.79 Å². The van der Waals surface area contributed by atoms with Crippen LogP contribution in [0.15, 0.2) is 18.2 Å². The maximum Gasteiger partial charge on any atom is 0.326 e. The first-order chi connectivity index (χ1) is 9.54. The zero-order valence-corrected chi connectivity index (χ0v) is 11.9. The van der Waals surface area contributed by atoms with Crippen LogP contribution in [0.4, 0.5) is 10.1 Å². The van der Waals surface area contributed by atoms with Crippen molar-refractivity contribution in [1.82, 2.24) is 0 Å². The lowest BCUT2D eigenvalue weighted by atomic mass is 9.85. The number of rotatable bonds is 5. The number of aliphatic carboxylic acids is 1. The van der Waals surface area contributed by atoms with Gasteiger partial charge in [-0.2, -0.15) is 0 Å². The molecule has 2 N–H and O–H groups in total. The van der Waals surface area contributed by atoms with Crippen molar-refractivity contribution in [3.05, 3.63) is 29.6 Å². The summed E-state index contributed by atoms with van der Waals surface area (Å²) in [5.41, 5.74) is 1.33. The van der Waals surface area contributed by atoms with Crippen LogP contribution in [0.2, 0.25) is 0 Å². The van der Waals surface area contributed by atoms with Crippen LogP contribution in [0.1, 0.15) is 44.1 Å². The highest BCUT2D eigenvalue weighted by atomic mass is 19.1. The van der Waals surface area contributed by atoms with Gasteiger partial charge in [0.15, 0.2) is 0 Å². The number of aryl methyl sites for hydroxylation is 1. The minimum absolute atomic E-state index is 0.339. The first-order valence-corrected chi connectivity index (χ1v) is 7.31. The van der Waals surface area contributed by atoms with E-state index in [2.05, 4.69) is 5.32 Å². The minimum Gasteiger partial charge on any atom is -0.480 e. The Morgan fingerprint density at radius 1 is 1.35 bits per heavy atom. The van der Waals surface area contributed by atoms with E-state index in [4.69, 9.17) is 0 Å². The first kappa shape index (κ1) is 14.8. The quantitative estimate of drug-likeness (QED) is 0.857. The molecule has 2 rings (SSSR count). The Morgan fingerprint density at radius 3 is 2.65 bits per heavy atom. The molecule has 1 saturated carbocycles. The molecule has 0 saturated heterocycles. The van der Waals surface area contributed by atoms with Crippen LogP contribution >= 0.6 is 0 Å². The van der Waals surface area contributed by atoms with E-state index < -0.39 is 12.0 Å². The smallest absolute Gasteiger partial charge is 0.326 e. The molecular formula is C16H22FNO2. The molecule has 4 heteroatoms. The molecule has 110 valence electrons. The highest BCUT2D eigenvalue weighted by Gasteiger charge is 2.24. The summed E-state index contributed by atoms with van der Waals surface area (Å²) in [6, 6.07) is 3.92. The zero-order valence-electron chi connectivity index (χ0n) is 11.9. The molecule has 0 radical (unpaired) electrons. The van der Waals surface area contributed by atoms with Crippen LogP contribution < -0.4 is 5.32 Å². The SMILES string of the molecule is Cc1cc(F)cc(NC(CC2CCCCC2)C(=O)O)c1. The molecule has 1 aromatic carbocycles. The molecule has 1 aromatic rings. The molecule has 0 aliphatic heterocycles. The number of halogens is 1. The van der Waals surface area contributed by atoms with Crippen molar-refractivity contribution < 1.29 is 14.3 Å². The number of carboxylic acid groups (broad SMARTS) is 1. The minimum atomic E-state index is -0.863. The second-order valence-electron chi connectivity index (χ2n) is 5.79. The van der Waals surface area contributed by atoms with Crippen molar-refractivity contribution in [3.8, 4) is 0 Å². The highest BCUT2D eigenvalue weighted by molar-refractivity contribution is 5.77. The summed E-state index contributed by atoms with van der Waals surface area (Å²) >= 11 is 0. The third-order valence-corrected chi connectivity index (χ3v) is 3.97. The van der Waals surface area contributed by atoms with Gasteiger partial charge in [-0.25, -0.2) is 9.18 Å². The molecule has 0 aromatic heterocycles. The van der Waals surface area contributed by atoms with Gasteiger partial charge in [-0.1, -0.05) is 32.1 Å². The molecular weight excluding hydrogens is 257 g/mol. The lowest BCUT2D eigenvalue weighted by Crippen LogP contribution is -2.32. The maximum absolute atomic E-state index is 13.4. The molecule has 1 aliphatic carbocycles. The second-order valence-corrected chi connectivity index (χ2v) is 5.79. The Morgan fingerprint density at radius 2 is 2.05 bits per heavy atom. The van der Waals surface area contributed by atoms with Crippen LogP contribution in [0.25, 0.3) is 0 Å². The Balaban J connectivity index is 2.02. The van der Waals surface area contributed by atoms with E-state index >= 15 is 0 Å². The molecule has 1 atom stereocenters. The fourth-order valence-electron chi connectivity index (χ4n) is 3.00. The number of carboxylic acids is 1. The predicted molar refractivity (Wildman–Crippen MR) is 77.4 cm³/mol. The van der Waals surface area contributed by atoms with E-state index in [-0.39, 0.29) is 5.82 Å². The molecule has 1 unspecified atom stereocenters. The average molecular weight is 279 g/mol. The molecule has 0 amide bonds. The summed E-state index contributed by atoms with van der Waals surface area (Å²) in [5, 5.41) is 12.3. The maximum atomic E-state index is 13.4. The number of hydrogen-bond acceptors (Lipinski definition) is 2. The number of nitrogens with one attached hydrogen (secondary N) is 1. The fraction of sp³-hybridized carbons (Fsp3) is 0.562. The largest absolute Gasteiger partial charge is 0.480 e. The normalized spacial score (nSPS) is 17.7. The lowest BCUT2D eigenvalue weighted by molar-refractivity contribution is -0.138. The lowest BCUT2D eigenvalue weighted by Gasteiger charge is -2.25. The predicted octanol–water partition coefficient (Wildman–Crippen LogP) is 3.97. The monoisotopic (exact) mass is 279 g/mol. The Hall–Kier alpha value is -1.58. The zero-order chi connectivity index (χ0) is 14.5. The first-order valence-electron chi connectivity index (χ1n) is 7.31. The van der Waals surface area contributed by atoms with Crippen molar-refractivity contribution >= 4 is 11.7 Å². The molecule has 20 heavy (non-hydrogen) atoms. The molecule has 0 spiro atoms. The van der Waals surface area contributed by atoms with Crippen molar-refractivity contribution in [2.24, 2.45) is 5.92 Å². The van der Waals surface area contributed by atoms with E-state index in [1.165, 1.54) is 31.4 Å². The summed E-state index contributed by atoms with van der Waals surface area (Å²) in [6.07, 6.45) is 6.46. The van der Waals surface area contributed by atoms with Crippen LogP contribution in [0, 0.1) is 18.7 Å². The Labute approximate surface area is 119 Å². The highest BCUT2D eigenvalue weighted by Crippen LogP contribution is 2.28. The van der Waals surface area contributed by atoms with Gasteiger partial charge in [0.05, 0.1) is 0 Å². The standard InChI is InChI=1S/C16H22FNO2/c1-11-7-13(17)10-14(8-11)18-15(16(19)20)9-12-5-3-2-4-6-12/h7-8,10,12,15,18H,2-6,9H2,1H3,(H,19,20). The van der Waals surface area contributed by atoms with Crippen molar-refractivity contribution in [3.63, 3.8) is 0 Å². The molecule has 3 nitrogen and oxygen atoms in total. The third kappa shape index (κ3) is 4.22. The number of benzene rings is 1. The van der Waals surface area contributed by atoms with Gasteiger partial charge in [-0.3, -0.25) is 0 Å². The van der Waals surface area contributed by atoms with Crippen LogP contribution in [0.5, 0.6) is 0 Å². The van der Waals surface area contributed by atoms with Gasteiger partial charge in [0.2, 0.25) is 0 Å². The van der Waals surface area contributed by atoms with E-state index in [1.54, 1.807) is 13.0 Å². The average Bonchev–Trinajstić information content (AvgIpc) is 2.38. The number of carbonyl (C=O) groups is 1. The van der Waals surface area contributed by atoms with Gasteiger partial charge in [-0.05, 0) is 43.0 Å². The van der Waals surface area contributed by atoms with Gasteiger partial charge in [0, 0.05) is 5.69 Å². The topological polar surface area (TPSA) is 49.3 Å². The van der Waals surface area contributed by atoms with E-state index in [9.17, 15) is 14.3 Å². The Kier molecular flexibility index (Phi) is 4.99. The Bertz CT molecular complexity index is 449. The molecule has 0 bridgehead atoms. The summed E-state index contributed by atoms with van der Waals surface area (Å²) in [5.74, 6) is -0.737. The van der Waals surface area contributed by atoms with E-state index in [1.807, 2.05) is 0 Å². The second kappa shape index (κ2) is 6.73. The van der Waals surface area contributed by atoms with Gasteiger partial charge in [0.1, 0.15) is 11.9 Å². The van der Waals surface area contributed by atoms with Crippen molar-refractivity contribution in [1.29, 1.82) is 0 Å². The third-order valence-electron chi connectivity index (χ3n) is 3.97. The van der Waals surface area contributed by atoms with E-state index in [0.29, 0.717) is 18.0 Å². The summed E-state index contributed by atoms with van der Waals surface area (Å²) in [7, 11) is 0. The van der Waals surface area contributed by atoms with Crippen LogP contribution in [-0.4, -0.2) is 17.1 Å². The molecule has 1 fully saturated rings. The fourth-order valence-corrected chi connectivity index (χ4v) is 3.00. The van der Waals surface area contributed by atoms with E-state index in [0.717, 1.165) is 18.4 Å². The number of anilines is 1. The molecule has 0 heterocycles. The van der Waals surface area contributed by atoms with Gasteiger partial charge in [0.25, 0.3) is 0 Å². The van der Waals surface area contributed by atoms with Crippen molar-refractivity contribution in [2.75, 3.05) is 5.32 Å². The van der Waals surface area contributed by atoms with Gasteiger partial charge >= 0.3 is 5.97 Å². The van der Waals surface area contributed by atoms with Crippen molar-refractivity contribution in [2.45, 2.75) is 51.5 Å². The summed E-state index contributed by atoms with van der Waals surface area (Å²) in [6.45, 7) is 1.80.